The van der Waals surface area contributed by atoms with Gasteiger partial charge in [0.1, 0.15) is 5.54 Å². The van der Waals surface area contributed by atoms with Gasteiger partial charge in [0, 0.05) is 13.1 Å². The van der Waals surface area contributed by atoms with Gasteiger partial charge in [0.25, 0.3) is 0 Å². The van der Waals surface area contributed by atoms with Gasteiger partial charge in [-0.15, -0.1) is 0 Å². The van der Waals surface area contributed by atoms with E-state index in [4.69, 9.17) is 5.11 Å². The monoisotopic (exact) mass is 242 g/mol. The molecule has 1 saturated carbocycles. The molecule has 0 bridgehead atoms. The highest BCUT2D eigenvalue weighted by molar-refractivity contribution is 5.87. The van der Waals surface area contributed by atoms with Crippen LogP contribution in [0, 0.1) is 0 Å². The van der Waals surface area contributed by atoms with Crippen LogP contribution in [0.15, 0.2) is 0 Å². The van der Waals surface area contributed by atoms with E-state index in [0.717, 1.165) is 19.3 Å². The molecule has 0 unspecified atom stereocenters. The van der Waals surface area contributed by atoms with Gasteiger partial charge in [0.05, 0.1) is 0 Å². The lowest BCUT2D eigenvalue weighted by Gasteiger charge is -2.39. The smallest absolute Gasteiger partial charge is 0.329 e. The van der Waals surface area contributed by atoms with Crippen molar-refractivity contribution in [3.8, 4) is 0 Å². The highest BCUT2D eigenvalue weighted by Gasteiger charge is 2.46. The molecule has 1 rings (SSSR count). The van der Waals surface area contributed by atoms with Gasteiger partial charge in [-0.25, -0.2) is 9.59 Å². The Morgan fingerprint density at radius 2 is 2.00 bits per heavy atom. The summed E-state index contributed by atoms with van der Waals surface area (Å²) in [6, 6.07) is -0.247. The third-order valence-corrected chi connectivity index (χ3v) is 3.41. The average molecular weight is 242 g/mol. The Kier molecular flexibility index (Phi) is 4.78. The molecule has 0 aromatic carbocycles. The summed E-state index contributed by atoms with van der Waals surface area (Å²) in [5.74, 6) is -0.913. The molecule has 0 aliphatic heterocycles. The van der Waals surface area contributed by atoms with Crippen LogP contribution < -0.4 is 5.32 Å². The van der Waals surface area contributed by atoms with E-state index in [-0.39, 0.29) is 6.03 Å². The normalized spacial score (nSPS) is 17.1. The number of carbonyl (C=O) groups is 2. The van der Waals surface area contributed by atoms with Crippen LogP contribution in [0.2, 0.25) is 0 Å². The predicted molar refractivity (Wildman–Crippen MR) is 64.9 cm³/mol. The molecular weight excluding hydrogens is 220 g/mol. The first-order chi connectivity index (χ1) is 8.05. The highest BCUT2D eigenvalue weighted by Crippen LogP contribution is 2.32. The van der Waals surface area contributed by atoms with Crippen molar-refractivity contribution in [1.29, 1.82) is 0 Å². The SMILES string of the molecule is CCCCN(CC)C(=O)NC1(C(=O)O)CCC1. The van der Waals surface area contributed by atoms with Crippen LogP contribution in [0.1, 0.15) is 46.0 Å². The Balaban J connectivity index is 2.54. The van der Waals surface area contributed by atoms with Gasteiger partial charge in [-0.1, -0.05) is 13.3 Å². The van der Waals surface area contributed by atoms with Gasteiger partial charge >= 0.3 is 12.0 Å². The van der Waals surface area contributed by atoms with Crippen molar-refractivity contribution in [2.45, 2.75) is 51.5 Å². The Morgan fingerprint density at radius 1 is 1.35 bits per heavy atom. The lowest BCUT2D eigenvalue weighted by molar-refractivity contribution is -0.148. The van der Waals surface area contributed by atoms with Crippen molar-refractivity contribution < 1.29 is 14.7 Å². The standard InChI is InChI=1S/C12H22N2O3/c1-3-5-9-14(4-2)11(17)13-12(10(15)16)7-6-8-12/h3-9H2,1-2H3,(H,13,17)(H,15,16). The number of rotatable bonds is 6. The van der Waals surface area contributed by atoms with Crippen LogP contribution in [0.5, 0.6) is 0 Å². The van der Waals surface area contributed by atoms with E-state index in [1.165, 1.54) is 0 Å². The molecule has 0 atom stereocenters. The van der Waals surface area contributed by atoms with Crippen LogP contribution in [0.4, 0.5) is 4.79 Å². The zero-order valence-electron chi connectivity index (χ0n) is 10.7. The minimum atomic E-state index is -1.00. The maximum atomic E-state index is 11.9. The summed E-state index contributed by atoms with van der Waals surface area (Å²) >= 11 is 0. The molecule has 1 aliphatic carbocycles. The number of nitrogens with zero attached hydrogens (tertiary/aromatic N) is 1. The number of hydrogen-bond acceptors (Lipinski definition) is 2. The first-order valence-electron chi connectivity index (χ1n) is 6.36. The molecule has 17 heavy (non-hydrogen) atoms. The fraction of sp³-hybridized carbons (Fsp3) is 0.833. The number of hydrogen-bond donors (Lipinski definition) is 2. The van der Waals surface area contributed by atoms with E-state index < -0.39 is 11.5 Å². The van der Waals surface area contributed by atoms with Crippen LogP contribution in [-0.4, -0.2) is 40.6 Å². The number of carboxylic acids is 1. The molecule has 5 heteroatoms. The maximum absolute atomic E-state index is 11.9. The molecule has 0 spiro atoms. The molecule has 1 fully saturated rings. The molecule has 1 aliphatic rings. The summed E-state index contributed by atoms with van der Waals surface area (Å²) in [6.45, 7) is 5.27. The second-order valence-electron chi connectivity index (χ2n) is 4.60. The molecule has 0 heterocycles. The minimum absolute atomic E-state index is 0.247. The second kappa shape index (κ2) is 5.89. The molecule has 0 aromatic rings. The fourth-order valence-corrected chi connectivity index (χ4v) is 1.96. The van der Waals surface area contributed by atoms with E-state index >= 15 is 0 Å². The van der Waals surface area contributed by atoms with Gasteiger partial charge in [0.15, 0.2) is 0 Å². The summed E-state index contributed by atoms with van der Waals surface area (Å²) in [6.07, 6.45) is 3.92. The number of carboxylic acid groups (broad SMARTS) is 1. The van der Waals surface area contributed by atoms with Gasteiger partial charge in [-0.05, 0) is 32.6 Å². The molecule has 5 nitrogen and oxygen atoms in total. The predicted octanol–water partition coefficient (Wildman–Crippen LogP) is 1.83. The van der Waals surface area contributed by atoms with Crippen molar-refractivity contribution in [2.24, 2.45) is 0 Å². The zero-order chi connectivity index (χ0) is 12.9. The van der Waals surface area contributed by atoms with Gasteiger partial charge in [-0.2, -0.15) is 0 Å². The molecule has 2 amide bonds. The summed E-state index contributed by atoms with van der Waals surface area (Å²) in [5, 5.41) is 11.8. The minimum Gasteiger partial charge on any atom is -0.480 e. The number of unbranched alkanes of at least 4 members (excludes halogenated alkanes) is 1. The van der Waals surface area contributed by atoms with E-state index in [2.05, 4.69) is 12.2 Å². The first kappa shape index (κ1) is 13.8. The van der Waals surface area contributed by atoms with Crippen LogP contribution >= 0.6 is 0 Å². The van der Waals surface area contributed by atoms with Crippen molar-refractivity contribution in [1.82, 2.24) is 10.2 Å². The van der Waals surface area contributed by atoms with Gasteiger partial charge in [0.2, 0.25) is 0 Å². The fourth-order valence-electron chi connectivity index (χ4n) is 1.96. The van der Waals surface area contributed by atoms with Crippen LogP contribution in [0.25, 0.3) is 0 Å². The third-order valence-electron chi connectivity index (χ3n) is 3.41. The van der Waals surface area contributed by atoms with E-state index in [1.807, 2.05) is 6.92 Å². The maximum Gasteiger partial charge on any atom is 0.329 e. The quantitative estimate of drug-likeness (QED) is 0.746. The zero-order valence-corrected chi connectivity index (χ0v) is 10.7. The largest absolute Gasteiger partial charge is 0.480 e. The van der Waals surface area contributed by atoms with E-state index in [9.17, 15) is 9.59 Å². The summed E-state index contributed by atoms with van der Waals surface area (Å²) in [4.78, 5) is 24.7. The lowest BCUT2D eigenvalue weighted by atomic mass is 9.77. The molecule has 2 N–H and O–H groups in total. The van der Waals surface area contributed by atoms with Crippen molar-refractivity contribution >= 4 is 12.0 Å². The Morgan fingerprint density at radius 3 is 2.35 bits per heavy atom. The summed E-state index contributed by atoms with van der Waals surface area (Å²) in [7, 11) is 0. The molecule has 0 radical (unpaired) electrons. The van der Waals surface area contributed by atoms with Crippen LogP contribution in [-0.2, 0) is 4.79 Å². The lowest BCUT2D eigenvalue weighted by Crippen LogP contribution is -2.61. The van der Waals surface area contributed by atoms with E-state index in [0.29, 0.717) is 25.9 Å². The van der Waals surface area contributed by atoms with Crippen LogP contribution in [0.3, 0.4) is 0 Å². The molecule has 98 valence electrons. The highest BCUT2D eigenvalue weighted by atomic mass is 16.4. The third kappa shape index (κ3) is 3.11. The number of urea groups is 1. The van der Waals surface area contributed by atoms with Gasteiger partial charge < -0.3 is 15.3 Å². The second-order valence-corrected chi connectivity index (χ2v) is 4.60. The summed E-state index contributed by atoms with van der Waals surface area (Å²) in [5.41, 5.74) is -1.00. The number of amides is 2. The number of carbonyl (C=O) groups excluding carboxylic acids is 1. The molecule has 0 saturated heterocycles. The average Bonchev–Trinajstić information content (AvgIpc) is 2.24. The van der Waals surface area contributed by atoms with E-state index in [1.54, 1.807) is 4.90 Å². The Labute approximate surface area is 102 Å². The van der Waals surface area contributed by atoms with Gasteiger partial charge in [-0.3, -0.25) is 0 Å². The van der Waals surface area contributed by atoms with Crippen molar-refractivity contribution in [2.75, 3.05) is 13.1 Å². The topological polar surface area (TPSA) is 69.6 Å². The van der Waals surface area contributed by atoms with Crippen molar-refractivity contribution in [3.63, 3.8) is 0 Å². The Hall–Kier alpha value is -1.26. The number of aliphatic carboxylic acids is 1. The molecular formula is C12H22N2O3. The van der Waals surface area contributed by atoms with Crippen molar-refractivity contribution in [3.05, 3.63) is 0 Å². The summed E-state index contributed by atoms with van der Waals surface area (Å²) < 4.78 is 0. The first-order valence-corrected chi connectivity index (χ1v) is 6.36. The number of nitrogens with one attached hydrogen (secondary N) is 1. The Bertz CT molecular complexity index is 287. The molecule has 0 aromatic heterocycles.